The lowest BCUT2D eigenvalue weighted by Crippen LogP contribution is -2.38. The van der Waals surface area contributed by atoms with Crippen LogP contribution in [0.3, 0.4) is 0 Å². The first-order valence-electron chi connectivity index (χ1n) is 3.41. The molecule has 0 amide bonds. The molecule has 0 spiro atoms. The van der Waals surface area contributed by atoms with Crippen molar-refractivity contribution in [2.45, 2.75) is 13.3 Å². The average Bonchev–Trinajstić information content (AvgIpc) is 1.94. The van der Waals surface area contributed by atoms with Crippen molar-refractivity contribution in [2.75, 3.05) is 6.54 Å². The van der Waals surface area contributed by atoms with Gasteiger partial charge in [-0.2, -0.15) is 5.26 Å². The van der Waals surface area contributed by atoms with Gasteiger partial charge in [0.2, 0.25) is 0 Å². The van der Waals surface area contributed by atoms with Crippen molar-refractivity contribution in [1.82, 2.24) is 5.32 Å². The summed E-state index contributed by atoms with van der Waals surface area (Å²) >= 11 is 4.95. The molecule has 3 heteroatoms. The van der Waals surface area contributed by atoms with Gasteiger partial charge >= 0.3 is 0 Å². The minimum absolute atomic E-state index is 0.0428. The molecule has 0 saturated carbocycles. The van der Waals surface area contributed by atoms with E-state index in [2.05, 4.69) is 18.3 Å². The lowest BCUT2D eigenvalue weighted by atomic mass is 9.93. The van der Waals surface area contributed by atoms with Crippen molar-refractivity contribution < 1.29 is 0 Å². The molecule has 54 valence electrons. The normalized spacial score (nSPS) is 32.6. The molecule has 1 fully saturated rings. The van der Waals surface area contributed by atoms with Crippen molar-refractivity contribution >= 4 is 17.2 Å². The number of nitrogens with one attached hydrogen (secondary N) is 1. The zero-order valence-corrected chi connectivity index (χ0v) is 6.74. The van der Waals surface area contributed by atoms with Gasteiger partial charge in [-0.1, -0.05) is 19.1 Å². The van der Waals surface area contributed by atoms with E-state index in [1.54, 1.807) is 0 Å². The number of hydrogen-bond acceptors (Lipinski definition) is 2. The molecule has 1 heterocycles. The summed E-state index contributed by atoms with van der Waals surface area (Å²) in [6.45, 7) is 3.05. The topological polar surface area (TPSA) is 35.8 Å². The van der Waals surface area contributed by atoms with Gasteiger partial charge in [0.15, 0.2) is 0 Å². The first-order valence-corrected chi connectivity index (χ1v) is 3.82. The minimum atomic E-state index is -0.0428. The maximum atomic E-state index is 8.60. The minimum Gasteiger partial charge on any atom is -0.378 e. The molecule has 0 bridgehead atoms. The second-order valence-electron chi connectivity index (χ2n) is 2.77. The molecule has 1 aliphatic heterocycles. The van der Waals surface area contributed by atoms with Gasteiger partial charge in [0.1, 0.15) is 0 Å². The summed E-state index contributed by atoms with van der Waals surface area (Å²) in [5, 5.41) is 11.6. The Morgan fingerprint density at radius 2 is 2.50 bits per heavy atom. The molecule has 1 N–H and O–H groups in total. The molecule has 0 aromatic heterocycles. The van der Waals surface area contributed by atoms with Crippen molar-refractivity contribution in [2.24, 2.45) is 11.8 Å². The second-order valence-corrected chi connectivity index (χ2v) is 3.21. The molecule has 1 rings (SSSR count). The fourth-order valence-corrected chi connectivity index (χ4v) is 1.33. The van der Waals surface area contributed by atoms with Crippen LogP contribution in [0.4, 0.5) is 0 Å². The zero-order chi connectivity index (χ0) is 7.56. The Morgan fingerprint density at radius 1 is 1.80 bits per heavy atom. The predicted molar refractivity (Wildman–Crippen MR) is 43.5 cm³/mol. The van der Waals surface area contributed by atoms with Crippen LogP contribution in [-0.2, 0) is 0 Å². The van der Waals surface area contributed by atoms with E-state index in [4.69, 9.17) is 17.5 Å². The fraction of sp³-hybridized carbons (Fsp3) is 0.714. The standard InChI is InChI=1S/C7H10N2S/c1-5-2-6(3-8)7(10)9-4-5/h5-6H,2,4H2,1H3,(H,9,10). The van der Waals surface area contributed by atoms with E-state index in [0.717, 1.165) is 18.0 Å². The third-order valence-corrected chi connectivity index (χ3v) is 2.16. The van der Waals surface area contributed by atoms with E-state index in [-0.39, 0.29) is 5.92 Å². The number of piperidine rings is 1. The third kappa shape index (κ3) is 1.45. The van der Waals surface area contributed by atoms with Gasteiger partial charge in [0.25, 0.3) is 0 Å². The van der Waals surface area contributed by atoms with Gasteiger partial charge in [-0.3, -0.25) is 0 Å². The lowest BCUT2D eigenvalue weighted by molar-refractivity contribution is 0.461. The Balaban J connectivity index is 2.56. The second kappa shape index (κ2) is 2.98. The Kier molecular flexibility index (Phi) is 2.23. The highest BCUT2D eigenvalue weighted by atomic mass is 32.1. The zero-order valence-electron chi connectivity index (χ0n) is 5.92. The van der Waals surface area contributed by atoms with Crippen molar-refractivity contribution in [3.63, 3.8) is 0 Å². The smallest absolute Gasteiger partial charge is 0.0968 e. The molecule has 0 aliphatic carbocycles. The summed E-state index contributed by atoms with van der Waals surface area (Å²) in [7, 11) is 0. The Bertz CT molecular complexity index is 183. The number of rotatable bonds is 0. The number of thiocarbonyl (C=S) groups is 1. The first kappa shape index (κ1) is 7.49. The maximum absolute atomic E-state index is 8.60. The van der Waals surface area contributed by atoms with E-state index in [1.165, 1.54) is 0 Å². The van der Waals surface area contributed by atoms with E-state index < -0.39 is 0 Å². The molecule has 0 aromatic carbocycles. The first-order chi connectivity index (χ1) is 4.74. The lowest BCUT2D eigenvalue weighted by Gasteiger charge is -2.24. The molecule has 1 saturated heterocycles. The highest BCUT2D eigenvalue weighted by Crippen LogP contribution is 2.16. The Labute approximate surface area is 66.2 Å². The van der Waals surface area contributed by atoms with Gasteiger partial charge in [-0.05, 0) is 12.3 Å². The molecule has 2 atom stereocenters. The third-order valence-electron chi connectivity index (χ3n) is 1.74. The number of hydrogen-bond donors (Lipinski definition) is 1. The summed E-state index contributed by atoms with van der Waals surface area (Å²) < 4.78 is 0. The van der Waals surface area contributed by atoms with Gasteiger partial charge in [-0.25, -0.2) is 0 Å². The van der Waals surface area contributed by atoms with E-state index >= 15 is 0 Å². The highest BCUT2D eigenvalue weighted by molar-refractivity contribution is 7.80. The van der Waals surface area contributed by atoms with Gasteiger partial charge < -0.3 is 5.32 Å². The Morgan fingerprint density at radius 3 is 3.00 bits per heavy atom. The van der Waals surface area contributed by atoms with Crippen molar-refractivity contribution in [1.29, 1.82) is 5.26 Å². The average molecular weight is 154 g/mol. The quantitative estimate of drug-likeness (QED) is 0.530. The summed E-state index contributed by atoms with van der Waals surface area (Å²) in [5.41, 5.74) is 0. The predicted octanol–water partition coefficient (Wildman–Crippen LogP) is 1.08. The number of nitriles is 1. The summed E-state index contributed by atoms with van der Waals surface area (Å²) in [4.78, 5) is 0.723. The van der Waals surface area contributed by atoms with E-state index in [1.807, 2.05) is 0 Å². The van der Waals surface area contributed by atoms with Crippen LogP contribution >= 0.6 is 12.2 Å². The van der Waals surface area contributed by atoms with Crippen LogP contribution in [0.25, 0.3) is 0 Å². The molecular weight excluding hydrogens is 144 g/mol. The highest BCUT2D eigenvalue weighted by Gasteiger charge is 2.22. The maximum Gasteiger partial charge on any atom is 0.0968 e. The summed E-state index contributed by atoms with van der Waals surface area (Å²) in [6.07, 6.45) is 0.919. The largest absolute Gasteiger partial charge is 0.378 e. The summed E-state index contributed by atoms with van der Waals surface area (Å²) in [6, 6.07) is 2.18. The molecule has 2 nitrogen and oxygen atoms in total. The van der Waals surface area contributed by atoms with Gasteiger partial charge in [-0.15, -0.1) is 0 Å². The van der Waals surface area contributed by atoms with Crippen LogP contribution in [0.2, 0.25) is 0 Å². The van der Waals surface area contributed by atoms with Crippen LogP contribution < -0.4 is 5.32 Å². The van der Waals surface area contributed by atoms with Crippen LogP contribution in [0.5, 0.6) is 0 Å². The summed E-state index contributed by atoms with van der Waals surface area (Å²) in [5.74, 6) is 0.537. The van der Waals surface area contributed by atoms with Gasteiger partial charge in [0, 0.05) is 6.54 Å². The molecule has 0 radical (unpaired) electrons. The van der Waals surface area contributed by atoms with Crippen molar-refractivity contribution in [3.8, 4) is 6.07 Å². The Hall–Kier alpha value is -0.620. The van der Waals surface area contributed by atoms with Crippen LogP contribution in [0, 0.1) is 23.2 Å². The monoisotopic (exact) mass is 154 g/mol. The van der Waals surface area contributed by atoms with E-state index in [9.17, 15) is 0 Å². The van der Waals surface area contributed by atoms with E-state index in [0.29, 0.717) is 5.92 Å². The molecule has 1 aliphatic rings. The molecule has 2 unspecified atom stereocenters. The van der Waals surface area contributed by atoms with Gasteiger partial charge in [0.05, 0.1) is 17.0 Å². The SMILES string of the molecule is CC1CNC(=S)C(C#N)C1. The van der Waals surface area contributed by atoms with Crippen LogP contribution in [0.1, 0.15) is 13.3 Å². The van der Waals surface area contributed by atoms with Crippen LogP contribution in [0.15, 0.2) is 0 Å². The number of nitrogens with zero attached hydrogens (tertiary/aromatic N) is 1. The van der Waals surface area contributed by atoms with Crippen LogP contribution in [-0.4, -0.2) is 11.5 Å². The molecular formula is C7H10N2S. The fourth-order valence-electron chi connectivity index (χ4n) is 1.10. The molecule has 10 heavy (non-hydrogen) atoms. The van der Waals surface area contributed by atoms with Crippen molar-refractivity contribution in [3.05, 3.63) is 0 Å². The molecule has 0 aromatic rings.